The Labute approximate surface area is 165 Å². The summed E-state index contributed by atoms with van der Waals surface area (Å²) in [6.07, 6.45) is -4.03. The topological polar surface area (TPSA) is 74.8 Å². The highest BCUT2D eigenvalue weighted by Gasteiger charge is 2.31. The fourth-order valence-electron chi connectivity index (χ4n) is 3.20. The highest BCUT2D eigenvalue weighted by molar-refractivity contribution is 6.04. The summed E-state index contributed by atoms with van der Waals surface area (Å²) in [4.78, 5) is 24.8. The lowest BCUT2D eigenvalue weighted by atomic mass is 9.95. The number of hydrogen-bond acceptors (Lipinski definition) is 3. The fraction of sp³-hybridized carbons (Fsp3) is 0.286. The molecule has 1 amide bonds. The van der Waals surface area contributed by atoms with Crippen molar-refractivity contribution in [2.75, 3.05) is 0 Å². The van der Waals surface area contributed by atoms with E-state index in [1.165, 1.54) is 6.07 Å². The molecule has 1 heterocycles. The van der Waals surface area contributed by atoms with Crippen molar-refractivity contribution in [1.29, 1.82) is 0 Å². The van der Waals surface area contributed by atoms with Gasteiger partial charge in [0.25, 0.3) is 11.5 Å². The molecule has 0 aliphatic carbocycles. The average molecular weight is 403 g/mol. The maximum Gasteiger partial charge on any atom is 0.416 e. The molecular formula is C21H20F3N3O2. The lowest BCUT2D eigenvalue weighted by molar-refractivity contribution is -0.137. The minimum Gasteiger partial charge on any atom is -0.344 e. The van der Waals surface area contributed by atoms with Gasteiger partial charge >= 0.3 is 6.18 Å². The molecule has 3 aromatic rings. The Kier molecular flexibility index (Phi) is 5.72. The summed E-state index contributed by atoms with van der Waals surface area (Å²) >= 11 is 0. The summed E-state index contributed by atoms with van der Waals surface area (Å²) in [5.74, 6) is -0.448. The first-order chi connectivity index (χ1) is 13.7. The van der Waals surface area contributed by atoms with Crippen molar-refractivity contribution in [3.05, 3.63) is 75.7 Å². The summed E-state index contributed by atoms with van der Waals surface area (Å²) in [6, 6.07) is 10.8. The molecule has 0 fully saturated rings. The highest BCUT2D eigenvalue weighted by atomic mass is 19.4. The van der Waals surface area contributed by atoms with Crippen molar-refractivity contribution >= 4 is 16.7 Å². The molecule has 1 unspecified atom stereocenters. The molecule has 0 saturated carbocycles. The third kappa shape index (κ3) is 4.64. The number of carbonyl (C=O) groups is 1. The van der Waals surface area contributed by atoms with E-state index in [2.05, 4.69) is 15.5 Å². The molecule has 2 aromatic carbocycles. The molecule has 0 bridgehead atoms. The molecule has 2 N–H and O–H groups in total. The van der Waals surface area contributed by atoms with E-state index in [9.17, 15) is 22.8 Å². The van der Waals surface area contributed by atoms with Crippen LogP contribution in [-0.2, 0) is 6.18 Å². The quantitative estimate of drug-likeness (QED) is 0.661. The molecule has 3 rings (SSSR count). The second kappa shape index (κ2) is 8.06. The lowest BCUT2D eigenvalue weighted by Gasteiger charge is -2.22. The molecule has 29 heavy (non-hydrogen) atoms. The number of halogens is 3. The number of amides is 1. The van der Waals surface area contributed by atoms with Gasteiger partial charge in [-0.2, -0.15) is 18.3 Å². The predicted octanol–water partition coefficient (Wildman–Crippen LogP) is 4.46. The molecule has 0 radical (unpaired) electrons. The maximum absolute atomic E-state index is 13.1. The largest absolute Gasteiger partial charge is 0.416 e. The number of carbonyl (C=O) groups excluding carboxylic acids is 1. The van der Waals surface area contributed by atoms with Crippen molar-refractivity contribution < 1.29 is 18.0 Å². The standard InChI is InChI=1S/C21H20F3N3O2/c1-12(2)10-17(13-6-5-7-14(11-13)21(22,23)24)25-20(29)18-15-8-3-4-9-16(15)19(28)27-26-18/h3-9,11-12,17H,10H2,1-2H3,(H,25,29)(H,27,28). The normalized spacial score (nSPS) is 12.9. The Hall–Kier alpha value is -3.16. The number of aromatic amines is 1. The highest BCUT2D eigenvalue weighted by Crippen LogP contribution is 2.32. The molecule has 0 spiro atoms. The van der Waals surface area contributed by atoms with Crippen LogP contribution in [0, 0.1) is 5.92 Å². The summed E-state index contributed by atoms with van der Waals surface area (Å²) in [5, 5.41) is 9.62. The number of rotatable bonds is 5. The Morgan fingerprint density at radius 2 is 1.79 bits per heavy atom. The van der Waals surface area contributed by atoms with Crippen LogP contribution in [0.4, 0.5) is 13.2 Å². The van der Waals surface area contributed by atoms with Crippen molar-refractivity contribution in [2.45, 2.75) is 32.5 Å². The van der Waals surface area contributed by atoms with Crippen LogP contribution in [0.1, 0.15) is 47.9 Å². The number of benzene rings is 2. The molecule has 152 valence electrons. The van der Waals surface area contributed by atoms with Crippen LogP contribution in [0.2, 0.25) is 0 Å². The number of hydrogen-bond donors (Lipinski definition) is 2. The summed E-state index contributed by atoms with van der Waals surface area (Å²) in [7, 11) is 0. The van der Waals surface area contributed by atoms with Crippen LogP contribution in [0.15, 0.2) is 53.3 Å². The molecule has 5 nitrogen and oxygen atoms in total. The van der Waals surface area contributed by atoms with Crippen molar-refractivity contribution in [1.82, 2.24) is 15.5 Å². The fourth-order valence-corrected chi connectivity index (χ4v) is 3.20. The molecule has 0 aliphatic rings. The van der Waals surface area contributed by atoms with Gasteiger partial charge in [0.05, 0.1) is 17.0 Å². The van der Waals surface area contributed by atoms with Crippen LogP contribution in [0.25, 0.3) is 10.8 Å². The number of nitrogens with one attached hydrogen (secondary N) is 2. The van der Waals surface area contributed by atoms with E-state index in [1.54, 1.807) is 30.3 Å². The number of nitrogens with zero attached hydrogens (tertiary/aromatic N) is 1. The summed E-state index contributed by atoms with van der Waals surface area (Å²) in [5.41, 5.74) is -0.823. The van der Waals surface area contributed by atoms with Gasteiger partial charge in [-0.15, -0.1) is 0 Å². The van der Waals surface area contributed by atoms with Crippen molar-refractivity contribution in [2.24, 2.45) is 5.92 Å². The molecule has 1 aromatic heterocycles. The molecule has 0 saturated heterocycles. The van der Waals surface area contributed by atoms with Crippen LogP contribution in [-0.4, -0.2) is 16.1 Å². The molecular weight excluding hydrogens is 383 g/mol. The van der Waals surface area contributed by atoms with Gasteiger partial charge < -0.3 is 5.32 Å². The van der Waals surface area contributed by atoms with Gasteiger partial charge in [-0.05, 0) is 36.1 Å². The Bertz CT molecular complexity index is 1090. The number of alkyl halides is 3. The maximum atomic E-state index is 13.1. The minimum absolute atomic E-state index is 0.0148. The zero-order chi connectivity index (χ0) is 21.2. The predicted molar refractivity (Wildman–Crippen MR) is 103 cm³/mol. The van der Waals surface area contributed by atoms with Gasteiger partial charge in [-0.25, -0.2) is 5.10 Å². The van der Waals surface area contributed by atoms with E-state index < -0.39 is 29.2 Å². The van der Waals surface area contributed by atoms with E-state index >= 15 is 0 Å². The van der Waals surface area contributed by atoms with Crippen LogP contribution < -0.4 is 10.9 Å². The van der Waals surface area contributed by atoms with Crippen LogP contribution >= 0.6 is 0 Å². The Morgan fingerprint density at radius 1 is 1.10 bits per heavy atom. The summed E-state index contributed by atoms with van der Waals surface area (Å²) in [6.45, 7) is 3.83. The van der Waals surface area contributed by atoms with Crippen molar-refractivity contribution in [3.8, 4) is 0 Å². The van der Waals surface area contributed by atoms with Gasteiger partial charge in [0.2, 0.25) is 0 Å². The number of fused-ring (bicyclic) bond motifs is 1. The minimum atomic E-state index is -4.47. The third-order valence-corrected chi connectivity index (χ3v) is 4.54. The Morgan fingerprint density at radius 3 is 2.45 bits per heavy atom. The third-order valence-electron chi connectivity index (χ3n) is 4.54. The van der Waals surface area contributed by atoms with E-state index in [4.69, 9.17) is 0 Å². The first-order valence-corrected chi connectivity index (χ1v) is 9.12. The zero-order valence-corrected chi connectivity index (χ0v) is 15.9. The lowest BCUT2D eigenvalue weighted by Crippen LogP contribution is -2.31. The number of H-pyrrole nitrogens is 1. The second-order valence-corrected chi connectivity index (χ2v) is 7.23. The molecule has 0 aliphatic heterocycles. The van der Waals surface area contributed by atoms with Gasteiger partial charge in [-0.1, -0.05) is 44.2 Å². The molecule has 1 atom stereocenters. The van der Waals surface area contributed by atoms with E-state index in [1.807, 2.05) is 13.8 Å². The molecule has 8 heteroatoms. The monoisotopic (exact) mass is 403 g/mol. The van der Waals surface area contributed by atoms with E-state index in [0.717, 1.165) is 12.1 Å². The van der Waals surface area contributed by atoms with E-state index in [0.29, 0.717) is 22.8 Å². The first kappa shape index (κ1) is 20.6. The van der Waals surface area contributed by atoms with E-state index in [-0.39, 0.29) is 11.6 Å². The first-order valence-electron chi connectivity index (χ1n) is 9.12. The Balaban J connectivity index is 1.97. The van der Waals surface area contributed by atoms with Gasteiger partial charge in [0.15, 0.2) is 5.69 Å². The smallest absolute Gasteiger partial charge is 0.344 e. The summed E-state index contributed by atoms with van der Waals surface area (Å²) < 4.78 is 39.3. The van der Waals surface area contributed by atoms with Gasteiger partial charge in [0, 0.05) is 5.39 Å². The van der Waals surface area contributed by atoms with Crippen LogP contribution in [0.3, 0.4) is 0 Å². The van der Waals surface area contributed by atoms with Crippen molar-refractivity contribution in [3.63, 3.8) is 0 Å². The number of aromatic nitrogens is 2. The van der Waals surface area contributed by atoms with Gasteiger partial charge in [-0.3, -0.25) is 9.59 Å². The second-order valence-electron chi connectivity index (χ2n) is 7.23. The average Bonchev–Trinajstić information content (AvgIpc) is 2.67. The van der Waals surface area contributed by atoms with Crippen LogP contribution in [0.5, 0.6) is 0 Å². The zero-order valence-electron chi connectivity index (χ0n) is 15.9. The SMILES string of the molecule is CC(C)CC(NC(=O)c1n[nH]c(=O)c2ccccc12)c1cccc(C(F)(F)F)c1. The van der Waals surface area contributed by atoms with Gasteiger partial charge in [0.1, 0.15) is 0 Å².